The predicted octanol–water partition coefficient (Wildman–Crippen LogP) is 5.96. The molecule has 0 aliphatic carbocycles. The first kappa shape index (κ1) is 82.9. The van der Waals surface area contributed by atoms with Gasteiger partial charge < -0.3 is 60.7 Å². The Morgan fingerprint density at radius 3 is 1.29 bits per heavy atom. The third kappa shape index (κ3) is 24.1. The molecule has 5 N–H and O–H groups in total. The van der Waals surface area contributed by atoms with E-state index in [4.69, 9.17) is 0 Å². The Morgan fingerprint density at radius 1 is 0.418 bits per heavy atom. The minimum absolute atomic E-state index is 0.0121. The van der Waals surface area contributed by atoms with Crippen molar-refractivity contribution in [3.05, 3.63) is 12.3 Å². The fourth-order valence-corrected chi connectivity index (χ4v) is 11.8. The van der Waals surface area contributed by atoms with Gasteiger partial charge in [0.1, 0.15) is 66.1 Å². The van der Waals surface area contributed by atoms with E-state index in [1.807, 2.05) is 55.4 Å². The number of hydrogen-bond acceptors (Lipinski definition) is 12. The van der Waals surface area contributed by atoms with Crippen LogP contribution in [-0.4, -0.2) is 220 Å². The van der Waals surface area contributed by atoms with Gasteiger partial charge >= 0.3 is 0 Å². The second kappa shape index (κ2) is 38.8. The minimum Gasteiger partial charge on any atom is -0.390 e. The number of nitrogens with one attached hydrogen (secondary N) is 4. The molecule has 0 spiro atoms. The van der Waals surface area contributed by atoms with E-state index in [0.29, 0.717) is 6.42 Å². The van der Waals surface area contributed by atoms with Crippen molar-refractivity contribution in [2.45, 2.75) is 268 Å². The number of aliphatic hydroxyl groups is 1. The summed E-state index contributed by atoms with van der Waals surface area (Å²) in [4.78, 5) is 170. The number of rotatable bonds is 21. The van der Waals surface area contributed by atoms with E-state index in [0.717, 1.165) is 59.6 Å². The van der Waals surface area contributed by atoms with Crippen molar-refractivity contribution >= 4 is 65.0 Å². The zero-order valence-corrected chi connectivity index (χ0v) is 60.4. The van der Waals surface area contributed by atoms with Crippen LogP contribution in [0.5, 0.6) is 0 Å². The van der Waals surface area contributed by atoms with E-state index in [1.54, 1.807) is 41.5 Å². The smallest absolute Gasteiger partial charge is 0.270 e. The molecule has 1 saturated heterocycles. The van der Waals surface area contributed by atoms with E-state index in [2.05, 4.69) is 34.8 Å². The standard InChI is InChI=1S/C68H123N11O12/c1-26-28-29-30-31-32-33-34-45(15)57(80)56-61(84)71-49(27-2)64(87)73(19)48(18)63(86)74(20)51(36-40(5)6)60(83)72-54(43(11)12)67(90)75(21)50(35-39(3)4)59(82)69-46(16)58(81)70-47(17)62(85)76(22)52(37-41(7)8)65(88)77(23)53(38-42(9)10)66(89)78(24)55(44(13)14)68(91)79(56)25/h39-47,49-57,80H,18,26-38H2,1-17,19-25H3,(H,69,82)(H,70,81)(H,71,84)(H,72,83)/t45-,46+,47-,49+,50+,51+,52+,53+,54+,55+,56+,57-/m1/s1. The van der Waals surface area contributed by atoms with Gasteiger partial charge in [-0.1, -0.05) is 155 Å². The third-order valence-corrected chi connectivity index (χ3v) is 17.8. The molecule has 522 valence electrons. The van der Waals surface area contributed by atoms with Crippen molar-refractivity contribution in [3.8, 4) is 0 Å². The minimum atomic E-state index is -1.61. The van der Waals surface area contributed by atoms with Crippen molar-refractivity contribution in [3.63, 3.8) is 0 Å². The molecule has 1 aliphatic heterocycles. The summed E-state index contributed by atoms with van der Waals surface area (Å²) in [6.45, 7) is 34.3. The largest absolute Gasteiger partial charge is 0.390 e. The number of hydrogen-bond donors (Lipinski definition) is 5. The van der Waals surface area contributed by atoms with Gasteiger partial charge in [0, 0.05) is 49.3 Å². The van der Waals surface area contributed by atoms with Crippen LogP contribution in [0.3, 0.4) is 0 Å². The van der Waals surface area contributed by atoms with Gasteiger partial charge in [0.15, 0.2) is 0 Å². The highest BCUT2D eigenvalue weighted by Gasteiger charge is 2.46. The van der Waals surface area contributed by atoms with Gasteiger partial charge in [-0.2, -0.15) is 0 Å². The Bertz CT molecular complexity index is 2450. The zero-order valence-electron chi connectivity index (χ0n) is 60.4. The number of aliphatic hydroxyl groups excluding tert-OH is 1. The summed E-state index contributed by atoms with van der Waals surface area (Å²) in [5.41, 5.74) is -0.351. The lowest BCUT2D eigenvalue weighted by molar-refractivity contribution is -0.157. The SMILES string of the molecule is C=C1C(=O)N(C)[C@@H](CC(C)C)C(=O)N[C@@H](C(C)C)C(=O)N(C)[C@@H](CC(C)C)C(=O)N[C@@H](C)C(=O)N[C@H](C)C(=O)N(C)[C@@H](CC(C)C)C(=O)N(C)[C@@H](CC(C)C)C(=O)N(C)[C@@H](C(C)C)C(=O)N(C)[C@@H]([C@H](O)[C@H](C)CCCCCCCCC)C(=O)N[C@@H](CC)C(=O)N1C. The maximum atomic E-state index is 15.3. The summed E-state index contributed by atoms with van der Waals surface area (Å²) in [5, 5.41) is 23.4. The first-order valence-corrected chi connectivity index (χ1v) is 33.6. The molecule has 0 unspecified atom stereocenters. The summed E-state index contributed by atoms with van der Waals surface area (Å²) in [5.74, 6) is -10.0. The van der Waals surface area contributed by atoms with Crippen LogP contribution in [0.4, 0.5) is 0 Å². The first-order chi connectivity index (χ1) is 42.1. The molecule has 0 aromatic rings. The molecular formula is C68H123N11O12. The molecule has 0 saturated carbocycles. The summed E-state index contributed by atoms with van der Waals surface area (Å²) in [6, 6.07) is -12.5. The quantitative estimate of drug-likeness (QED) is 0.0658. The number of nitrogens with zero attached hydrogens (tertiary/aromatic N) is 7. The van der Waals surface area contributed by atoms with Crippen molar-refractivity contribution in [2.24, 2.45) is 41.4 Å². The predicted molar refractivity (Wildman–Crippen MR) is 356 cm³/mol. The van der Waals surface area contributed by atoms with E-state index in [1.165, 1.54) is 82.8 Å². The van der Waals surface area contributed by atoms with Crippen LogP contribution in [0.25, 0.3) is 0 Å². The second-order valence-electron chi connectivity index (χ2n) is 28.3. The fourth-order valence-electron chi connectivity index (χ4n) is 11.8. The van der Waals surface area contributed by atoms with Gasteiger partial charge in [0.2, 0.25) is 59.1 Å². The van der Waals surface area contributed by atoms with E-state index in [9.17, 15) is 38.7 Å². The summed E-state index contributed by atoms with van der Waals surface area (Å²) in [7, 11) is 9.87. The summed E-state index contributed by atoms with van der Waals surface area (Å²) >= 11 is 0. The molecule has 0 bridgehead atoms. The molecule has 12 atom stereocenters. The van der Waals surface area contributed by atoms with Crippen LogP contribution in [0.15, 0.2) is 12.3 Å². The van der Waals surface area contributed by atoms with Crippen LogP contribution in [-0.2, 0) is 52.7 Å². The Kier molecular flexibility index (Phi) is 35.3. The molecule has 23 heteroatoms. The van der Waals surface area contributed by atoms with E-state index in [-0.39, 0.29) is 61.5 Å². The van der Waals surface area contributed by atoms with Gasteiger partial charge in [-0.3, -0.25) is 52.7 Å². The molecule has 11 amide bonds. The van der Waals surface area contributed by atoms with Crippen LogP contribution < -0.4 is 21.3 Å². The lowest BCUT2D eigenvalue weighted by Gasteiger charge is -2.41. The highest BCUT2D eigenvalue weighted by atomic mass is 16.3. The van der Waals surface area contributed by atoms with Crippen LogP contribution >= 0.6 is 0 Å². The molecule has 1 rings (SSSR count). The molecule has 0 radical (unpaired) electrons. The van der Waals surface area contributed by atoms with Gasteiger partial charge in [-0.15, -0.1) is 0 Å². The van der Waals surface area contributed by atoms with Crippen LogP contribution in [0.2, 0.25) is 0 Å². The van der Waals surface area contributed by atoms with Gasteiger partial charge in [0.05, 0.1) is 6.10 Å². The molecule has 1 heterocycles. The Balaban J connectivity index is 4.37. The number of carbonyl (C=O) groups is 11. The molecular weight excluding hydrogens is 1160 g/mol. The monoisotopic (exact) mass is 1290 g/mol. The summed E-state index contributed by atoms with van der Waals surface area (Å²) in [6.07, 6.45) is 6.63. The lowest BCUT2D eigenvalue weighted by atomic mass is 9.90. The highest BCUT2D eigenvalue weighted by Crippen LogP contribution is 2.27. The average Bonchev–Trinajstić information content (AvgIpc) is 0.827. The highest BCUT2D eigenvalue weighted by molar-refractivity contribution is 6.02. The third-order valence-electron chi connectivity index (χ3n) is 17.8. The molecule has 23 nitrogen and oxygen atoms in total. The Hall–Kier alpha value is -6.13. The lowest BCUT2D eigenvalue weighted by Crippen LogP contribution is -2.63. The normalized spacial score (nSPS) is 25.9. The van der Waals surface area contributed by atoms with Crippen LogP contribution in [0, 0.1) is 41.4 Å². The number of likely N-dealkylation sites (N-methyl/N-ethyl adjacent to an activating group) is 7. The maximum Gasteiger partial charge on any atom is 0.270 e. The van der Waals surface area contributed by atoms with Crippen molar-refractivity contribution in [2.75, 3.05) is 49.3 Å². The van der Waals surface area contributed by atoms with Gasteiger partial charge in [-0.25, -0.2) is 0 Å². The topological polar surface area (TPSA) is 279 Å². The van der Waals surface area contributed by atoms with E-state index < -0.39 is 149 Å². The van der Waals surface area contributed by atoms with Crippen molar-refractivity contribution in [1.29, 1.82) is 0 Å². The fraction of sp³-hybridized carbons (Fsp3) is 0.809. The zero-order chi connectivity index (χ0) is 70.4. The van der Waals surface area contributed by atoms with E-state index >= 15 is 19.2 Å². The Morgan fingerprint density at radius 2 is 0.824 bits per heavy atom. The molecule has 0 aromatic carbocycles. The molecule has 1 aliphatic rings. The molecule has 1 fully saturated rings. The van der Waals surface area contributed by atoms with Crippen molar-refractivity contribution in [1.82, 2.24) is 55.6 Å². The molecule has 91 heavy (non-hydrogen) atoms. The average molecular weight is 1290 g/mol. The van der Waals surface area contributed by atoms with Crippen LogP contribution in [0.1, 0.15) is 201 Å². The number of carbonyl (C=O) groups excluding carboxylic acids is 11. The Labute approximate surface area is 547 Å². The van der Waals surface area contributed by atoms with Gasteiger partial charge in [0.25, 0.3) is 5.91 Å². The second-order valence-corrected chi connectivity index (χ2v) is 28.3. The summed E-state index contributed by atoms with van der Waals surface area (Å²) < 4.78 is 0. The maximum absolute atomic E-state index is 15.3. The number of amides is 11. The first-order valence-electron chi connectivity index (χ1n) is 33.6. The van der Waals surface area contributed by atoms with Crippen molar-refractivity contribution < 1.29 is 57.8 Å². The molecule has 0 aromatic heterocycles. The number of unbranched alkanes of at least 4 members (excludes halogenated alkanes) is 6. The van der Waals surface area contributed by atoms with Gasteiger partial charge in [-0.05, 0) is 93.8 Å².